The lowest BCUT2D eigenvalue weighted by Crippen LogP contribution is -2.19. The fourth-order valence-corrected chi connectivity index (χ4v) is 2.06. The maximum atomic E-state index is 11.4. The average Bonchev–Trinajstić information content (AvgIpc) is 2.28. The second-order valence-electron chi connectivity index (χ2n) is 3.29. The van der Waals surface area contributed by atoms with Crippen molar-refractivity contribution in [2.24, 2.45) is 0 Å². The van der Waals surface area contributed by atoms with Gasteiger partial charge in [0.05, 0.1) is 36.1 Å². The molecule has 1 rings (SSSR count). The number of aliphatic hydroxyl groups is 1. The summed E-state index contributed by atoms with van der Waals surface area (Å²) in [6.45, 7) is -0.523. The quantitative estimate of drug-likeness (QED) is 0.571. The molecule has 0 aliphatic heterocycles. The van der Waals surface area contributed by atoms with Crippen LogP contribution in [-0.2, 0) is 10.0 Å². The summed E-state index contributed by atoms with van der Waals surface area (Å²) in [5.41, 5.74) is -0.131. The van der Waals surface area contributed by atoms with Crippen LogP contribution >= 0.6 is 0 Å². The maximum absolute atomic E-state index is 11.4. The number of hydrogen-bond donors (Lipinski definition) is 2. The summed E-state index contributed by atoms with van der Waals surface area (Å²) >= 11 is 0. The molecule has 0 aliphatic rings. The lowest BCUT2D eigenvalue weighted by atomic mass is 10.2. The van der Waals surface area contributed by atoms with E-state index in [0.717, 1.165) is 12.1 Å². The number of sulfonamides is 1. The first kappa shape index (κ1) is 14.2. The molecule has 0 atom stereocenters. The largest absolute Gasteiger partial charge is 0.494 e. The van der Waals surface area contributed by atoms with Gasteiger partial charge in [0.2, 0.25) is 10.0 Å². The van der Waals surface area contributed by atoms with E-state index >= 15 is 0 Å². The smallest absolute Gasteiger partial charge is 0.273 e. The SMILES string of the molecule is COc1cc([N+](=O)[O-])ccc1NS(=O)(=O)CCO. The van der Waals surface area contributed by atoms with Gasteiger partial charge < -0.3 is 9.84 Å². The topological polar surface area (TPSA) is 119 Å². The fourth-order valence-electron chi connectivity index (χ4n) is 1.22. The molecule has 0 aromatic heterocycles. The van der Waals surface area contributed by atoms with Crippen molar-refractivity contribution >= 4 is 21.4 Å². The zero-order valence-corrected chi connectivity index (χ0v) is 10.3. The Morgan fingerprint density at radius 2 is 2.17 bits per heavy atom. The van der Waals surface area contributed by atoms with Crippen LogP contribution in [0.1, 0.15) is 0 Å². The zero-order chi connectivity index (χ0) is 13.8. The highest BCUT2D eigenvalue weighted by Gasteiger charge is 2.16. The van der Waals surface area contributed by atoms with Crippen LogP contribution in [0.25, 0.3) is 0 Å². The van der Waals surface area contributed by atoms with Gasteiger partial charge in [0.15, 0.2) is 0 Å². The van der Waals surface area contributed by atoms with Gasteiger partial charge in [-0.15, -0.1) is 0 Å². The highest BCUT2D eigenvalue weighted by molar-refractivity contribution is 7.92. The van der Waals surface area contributed by atoms with Crippen LogP contribution in [0.4, 0.5) is 11.4 Å². The van der Waals surface area contributed by atoms with Crippen molar-refractivity contribution in [1.82, 2.24) is 0 Å². The van der Waals surface area contributed by atoms with Gasteiger partial charge >= 0.3 is 0 Å². The van der Waals surface area contributed by atoms with E-state index in [9.17, 15) is 18.5 Å². The standard InChI is InChI=1S/C9H12N2O6S/c1-17-9-6-7(11(13)14)2-3-8(9)10-18(15,16)5-4-12/h2-3,6,10,12H,4-5H2,1H3. The van der Waals surface area contributed by atoms with E-state index in [1.807, 2.05) is 0 Å². The van der Waals surface area contributed by atoms with E-state index < -0.39 is 27.3 Å². The first-order valence-corrected chi connectivity index (χ1v) is 6.48. The Hall–Kier alpha value is -1.87. The second kappa shape index (κ2) is 5.65. The Morgan fingerprint density at radius 3 is 2.67 bits per heavy atom. The predicted octanol–water partition coefficient (Wildman–Crippen LogP) is 0.337. The number of nitrogens with one attached hydrogen (secondary N) is 1. The van der Waals surface area contributed by atoms with E-state index in [1.165, 1.54) is 13.2 Å². The number of nitrogens with zero attached hydrogens (tertiary/aromatic N) is 1. The minimum absolute atomic E-state index is 0.0331. The number of ether oxygens (including phenoxy) is 1. The summed E-state index contributed by atoms with van der Waals surface area (Å²) in [6, 6.07) is 3.49. The monoisotopic (exact) mass is 276 g/mol. The third kappa shape index (κ3) is 3.57. The predicted molar refractivity (Wildman–Crippen MR) is 64.1 cm³/mol. The first-order chi connectivity index (χ1) is 8.39. The van der Waals surface area contributed by atoms with Crippen LogP contribution in [0.2, 0.25) is 0 Å². The highest BCUT2D eigenvalue weighted by atomic mass is 32.2. The minimum atomic E-state index is -3.70. The zero-order valence-electron chi connectivity index (χ0n) is 9.49. The fraction of sp³-hybridized carbons (Fsp3) is 0.333. The number of nitro groups is 1. The van der Waals surface area contributed by atoms with Gasteiger partial charge in [-0.2, -0.15) is 0 Å². The molecule has 0 saturated carbocycles. The molecule has 9 heteroatoms. The normalized spacial score (nSPS) is 11.0. The van der Waals surface area contributed by atoms with E-state index in [2.05, 4.69) is 4.72 Å². The van der Waals surface area contributed by atoms with Crippen molar-refractivity contribution in [2.75, 3.05) is 24.2 Å². The number of benzene rings is 1. The lowest BCUT2D eigenvalue weighted by Gasteiger charge is -2.10. The van der Waals surface area contributed by atoms with Gasteiger partial charge in [-0.25, -0.2) is 8.42 Å². The van der Waals surface area contributed by atoms with Crippen molar-refractivity contribution in [3.63, 3.8) is 0 Å². The maximum Gasteiger partial charge on any atom is 0.273 e. The Balaban J connectivity index is 3.07. The van der Waals surface area contributed by atoms with Crippen molar-refractivity contribution in [2.45, 2.75) is 0 Å². The molecule has 0 radical (unpaired) electrons. The summed E-state index contributed by atoms with van der Waals surface area (Å²) in [7, 11) is -2.43. The Morgan fingerprint density at radius 1 is 1.50 bits per heavy atom. The van der Waals surface area contributed by atoms with Crippen LogP contribution < -0.4 is 9.46 Å². The molecule has 0 amide bonds. The summed E-state index contributed by atoms with van der Waals surface area (Å²) in [6.07, 6.45) is 0. The molecule has 0 heterocycles. The summed E-state index contributed by atoms with van der Waals surface area (Å²) < 4.78 is 29.9. The number of nitro benzene ring substituents is 1. The molecule has 0 unspecified atom stereocenters. The molecule has 8 nitrogen and oxygen atoms in total. The van der Waals surface area contributed by atoms with E-state index in [4.69, 9.17) is 9.84 Å². The van der Waals surface area contributed by atoms with Crippen LogP contribution in [-0.4, -0.2) is 37.9 Å². The molecule has 0 spiro atoms. The molecular weight excluding hydrogens is 264 g/mol. The van der Waals surface area contributed by atoms with Gasteiger partial charge in [0, 0.05) is 6.07 Å². The van der Waals surface area contributed by atoms with Crippen molar-refractivity contribution < 1.29 is 23.2 Å². The van der Waals surface area contributed by atoms with Gasteiger partial charge in [-0.3, -0.25) is 14.8 Å². The van der Waals surface area contributed by atoms with Gasteiger partial charge in [0.1, 0.15) is 5.75 Å². The molecule has 18 heavy (non-hydrogen) atoms. The molecule has 0 saturated heterocycles. The van der Waals surface area contributed by atoms with Gasteiger partial charge in [-0.05, 0) is 6.07 Å². The van der Waals surface area contributed by atoms with Crippen LogP contribution in [0.5, 0.6) is 5.75 Å². The number of aliphatic hydroxyl groups excluding tert-OH is 1. The number of rotatable bonds is 6. The molecule has 0 aliphatic carbocycles. The van der Waals surface area contributed by atoms with Gasteiger partial charge in [0.25, 0.3) is 5.69 Å². The van der Waals surface area contributed by atoms with Crippen molar-refractivity contribution in [1.29, 1.82) is 0 Å². The average molecular weight is 276 g/mol. The van der Waals surface area contributed by atoms with E-state index in [0.29, 0.717) is 0 Å². The Bertz CT molecular complexity index is 542. The number of methoxy groups -OCH3 is 1. The molecule has 100 valence electrons. The van der Waals surface area contributed by atoms with Crippen LogP contribution in [0.15, 0.2) is 18.2 Å². The van der Waals surface area contributed by atoms with Crippen molar-refractivity contribution in [3.05, 3.63) is 28.3 Å². The first-order valence-electron chi connectivity index (χ1n) is 4.83. The Labute approximate surface area is 103 Å². The summed E-state index contributed by atoms with van der Waals surface area (Å²) in [5, 5.41) is 19.1. The number of hydrogen-bond acceptors (Lipinski definition) is 6. The highest BCUT2D eigenvalue weighted by Crippen LogP contribution is 2.29. The van der Waals surface area contributed by atoms with Crippen LogP contribution in [0.3, 0.4) is 0 Å². The number of anilines is 1. The third-order valence-corrected chi connectivity index (χ3v) is 3.27. The van der Waals surface area contributed by atoms with E-state index in [-0.39, 0.29) is 17.1 Å². The molecule has 2 N–H and O–H groups in total. The molecule has 1 aromatic carbocycles. The van der Waals surface area contributed by atoms with E-state index in [1.54, 1.807) is 0 Å². The van der Waals surface area contributed by atoms with Gasteiger partial charge in [-0.1, -0.05) is 0 Å². The molecule has 0 fully saturated rings. The molecular formula is C9H12N2O6S. The number of non-ortho nitro benzene ring substituents is 1. The lowest BCUT2D eigenvalue weighted by molar-refractivity contribution is -0.384. The molecule has 1 aromatic rings. The minimum Gasteiger partial charge on any atom is -0.494 e. The van der Waals surface area contributed by atoms with Crippen molar-refractivity contribution in [3.8, 4) is 5.75 Å². The molecule has 0 bridgehead atoms. The third-order valence-electron chi connectivity index (χ3n) is 2.02. The summed E-state index contributed by atoms with van der Waals surface area (Å²) in [4.78, 5) is 9.93. The van der Waals surface area contributed by atoms with Crippen LogP contribution in [0, 0.1) is 10.1 Å². The Kier molecular flexibility index (Phi) is 4.45. The summed E-state index contributed by atoms with van der Waals surface area (Å²) in [5.74, 6) is -0.432. The second-order valence-corrected chi connectivity index (χ2v) is 5.13.